The normalized spacial score (nSPS) is 11.8. The van der Waals surface area contributed by atoms with Crippen LogP contribution in [0.2, 0.25) is 5.02 Å². The van der Waals surface area contributed by atoms with Crippen molar-refractivity contribution in [3.05, 3.63) is 34.6 Å². The number of amides is 2. The predicted molar refractivity (Wildman–Crippen MR) is 73.1 cm³/mol. The second-order valence-electron chi connectivity index (χ2n) is 4.48. The molecule has 0 aliphatic heterocycles. The third kappa shape index (κ3) is 4.38. The standard InChI is InChI=1S/C13H16ClFN2O3/c1-8(12(18)19)7-17(2)13(20)16-6-9-10(14)4-3-5-11(9)15/h3-5,8H,6-7H2,1-2H3,(H,16,20)(H,18,19). The zero-order valence-corrected chi connectivity index (χ0v) is 11.9. The number of benzene rings is 1. The van der Waals surface area contributed by atoms with E-state index in [4.69, 9.17) is 16.7 Å². The fourth-order valence-corrected chi connectivity index (χ4v) is 1.80. The van der Waals surface area contributed by atoms with Crippen molar-refractivity contribution >= 4 is 23.6 Å². The van der Waals surface area contributed by atoms with Crippen LogP contribution in [0, 0.1) is 11.7 Å². The van der Waals surface area contributed by atoms with Crippen molar-refractivity contribution in [2.45, 2.75) is 13.5 Å². The number of rotatable bonds is 5. The summed E-state index contributed by atoms with van der Waals surface area (Å²) in [4.78, 5) is 23.7. The highest BCUT2D eigenvalue weighted by Gasteiger charge is 2.17. The molecule has 0 aliphatic rings. The van der Waals surface area contributed by atoms with Crippen LogP contribution in [0.1, 0.15) is 12.5 Å². The van der Waals surface area contributed by atoms with Crippen molar-refractivity contribution < 1.29 is 19.1 Å². The number of hydrogen-bond acceptors (Lipinski definition) is 2. The highest BCUT2D eigenvalue weighted by molar-refractivity contribution is 6.31. The number of carbonyl (C=O) groups is 2. The molecule has 0 saturated heterocycles. The Kier molecular flexibility index (Phi) is 5.76. The lowest BCUT2D eigenvalue weighted by atomic mass is 10.2. The third-order valence-corrected chi connectivity index (χ3v) is 3.15. The Morgan fingerprint density at radius 2 is 2.15 bits per heavy atom. The Labute approximate surface area is 121 Å². The van der Waals surface area contributed by atoms with Crippen LogP contribution in [0.4, 0.5) is 9.18 Å². The molecule has 0 spiro atoms. The first-order valence-electron chi connectivity index (χ1n) is 5.97. The van der Waals surface area contributed by atoms with Gasteiger partial charge in [-0.3, -0.25) is 4.79 Å². The lowest BCUT2D eigenvalue weighted by molar-refractivity contribution is -0.141. The van der Waals surface area contributed by atoms with Crippen molar-refractivity contribution in [1.29, 1.82) is 0 Å². The first-order chi connectivity index (χ1) is 9.32. The van der Waals surface area contributed by atoms with E-state index < -0.39 is 23.7 Å². The SMILES string of the molecule is CC(CN(C)C(=O)NCc1c(F)cccc1Cl)C(=O)O. The molecule has 2 N–H and O–H groups in total. The van der Waals surface area contributed by atoms with E-state index in [0.29, 0.717) is 0 Å². The summed E-state index contributed by atoms with van der Waals surface area (Å²) in [5, 5.41) is 11.5. The molecule has 1 aromatic carbocycles. The van der Waals surface area contributed by atoms with Crippen LogP contribution in [-0.2, 0) is 11.3 Å². The summed E-state index contributed by atoms with van der Waals surface area (Å²) in [6.07, 6.45) is 0. The van der Waals surface area contributed by atoms with Gasteiger partial charge in [0, 0.05) is 30.7 Å². The lowest BCUT2D eigenvalue weighted by Gasteiger charge is -2.20. The Morgan fingerprint density at radius 3 is 2.70 bits per heavy atom. The molecule has 0 fully saturated rings. The van der Waals surface area contributed by atoms with Crippen LogP contribution in [0.15, 0.2) is 18.2 Å². The molecule has 20 heavy (non-hydrogen) atoms. The van der Waals surface area contributed by atoms with Crippen LogP contribution in [0.5, 0.6) is 0 Å². The van der Waals surface area contributed by atoms with Gasteiger partial charge < -0.3 is 15.3 Å². The largest absolute Gasteiger partial charge is 0.481 e. The number of urea groups is 1. The maximum absolute atomic E-state index is 13.5. The molecule has 1 rings (SSSR count). The maximum atomic E-state index is 13.5. The van der Waals surface area contributed by atoms with Crippen molar-refractivity contribution in [3.63, 3.8) is 0 Å². The molecule has 1 atom stereocenters. The molecule has 0 saturated carbocycles. The van der Waals surface area contributed by atoms with Crippen LogP contribution >= 0.6 is 11.6 Å². The molecule has 2 amide bonds. The first-order valence-corrected chi connectivity index (χ1v) is 6.35. The minimum atomic E-state index is -0.984. The zero-order chi connectivity index (χ0) is 15.3. The van der Waals surface area contributed by atoms with E-state index in [0.717, 1.165) is 0 Å². The molecule has 5 nitrogen and oxygen atoms in total. The average molecular weight is 303 g/mol. The number of halogens is 2. The van der Waals surface area contributed by atoms with Gasteiger partial charge in [-0.15, -0.1) is 0 Å². The Balaban J connectivity index is 2.57. The van der Waals surface area contributed by atoms with E-state index in [1.165, 1.54) is 37.1 Å². The van der Waals surface area contributed by atoms with Gasteiger partial charge in [-0.1, -0.05) is 24.6 Å². The maximum Gasteiger partial charge on any atom is 0.317 e. The summed E-state index contributed by atoms with van der Waals surface area (Å²) in [6.45, 7) is 1.50. The van der Waals surface area contributed by atoms with E-state index in [2.05, 4.69) is 5.32 Å². The first kappa shape index (κ1) is 16.2. The Hall–Kier alpha value is -1.82. The van der Waals surface area contributed by atoms with E-state index in [-0.39, 0.29) is 23.7 Å². The van der Waals surface area contributed by atoms with Gasteiger partial charge in [0.1, 0.15) is 5.82 Å². The van der Waals surface area contributed by atoms with Crippen molar-refractivity contribution in [3.8, 4) is 0 Å². The number of carboxylic acid groups (broad SMARTS) is 1. The Morgan fingerprint density at radius 1 is 1.50 bits per heavy atom. The molecule has 0 radical (unpaired) electrons. The monoisotopic (exact) mass is 302 g/mol. The zero-order valence-electron chi connectivity index (χ0n) is 11.2. The molecule has 1 unspecified atom stereocenters. The van der Waals surface area contributed by atoms with E-state index in [9.17, 15) is 14.0 Å². The van der Waals surface area contributed by atoms with Gasteiger partial charge in [0.2, 0.25) is 0 Å². The fourth-order valence-electron chi connectivity index (χ4n) is 1.57. The molecule has 7 heteroatoms. The highest BCUT2D eigenvalue weighted by atomic mass is 35.5. The molecule has 0 heterocycles. The number of carboxylic acids is 1. The second kappa shape index (κ2) is 7.09. The molecule has 0 aromatic heterocycles. The topological polar surface area (TPSA) is 69.6 Å². The van der Waals surface area contributed by atoms with Gasteiger partial charge in [0.05, 0.1) is 5.92 Å². The highest BCUT2D eigenvalue weighted by Crippen LogP contribution is 2.18. The summed E-state index contributed by atoms with van der Waals surface area (Å²) in [5.74, 6) is -2.16. The number of nitrogens with one attached hydrogen (secondary N) is 1. The van der Waals surface area contributed by atoms with Gasteiger partial charge in [-0.05, 0) is 12.1 Å². The van der Waals surface area contributed by atoms with Gasteiger partial charge in [-0.25, -0.2) is 9.18 Å². The number of aliphatic carboxylic acids is 1. The predicted octanol–water partition coefficient (Wildman–Crippen LogP) is 2.34. The smallest absolute Gasteiger partial charge is 0.317 e. The molecule has 110 valence electrons. The summed E-state index contributed by atoms with van der Waals surface area (Å²) in [7, 11) is 1.47. The second-order valence-corrected chi connectivity index (χ2v) is 4.89. The molecule has 0 aliphatic carbocycles. The summed E-state index contributed by atoms with van der Waals surface area (Å²) in [5.41, 5.74) is 0.196. The lowest BCUT2D eigenvalue weighted by Crippen LogP contribution is -2.40. The Bertz CT molecular complexity index is 490. The van der Waals surface area contributed by atoms with Gasteiger partial charge >= 0.3 is 12.0 Å². The van der Waals surface area contributed by atoms with Crippen LogP contribution in [-0.4, -0.2) is 35.6 Å². The van der Waals surface area contributed by atoms with Gasteiger partial charge in [0.25, 0.3) is 0 Å². The van der Waals surface area contributed by atoms with Crippen molar-refractivity contribution in [2.24, 2.45) is 5.92 Å². The summed E-state index contributed by atoms with van der Waals surface area (Å²) >= 11 is 5.84. The molecule has 1 aromatic rings. The van der Waals surface area contributed by atoms with Gasteiger partial charge in [0.15, 0.2) is 0 Å². The van der Waals surface area contributed by atoms with Crippen LogP contribution in [0.25, 0.3) is 0 Å². The molecular weight excluding hydrogens is 287 g/mol. The summed E-state index contributed by atoms with van der Waals surface area (Å²) in [6, 6.07) is 3.77. The van der Waals surface area contributed by atoms with E-state index >= 15 is 0 Å². The van der Waals surface area contributed by atoms with Crippen molar-refractivity contribution in [1.82, 2.24) is 10.2 Å². The third-order valence-electron chi connectivity index (χ3n) is 2.79. The number of hydrogen-bond donors (Lipinski definition) is 2. The van der Waals surface area contributed by atoms with Crippen LogP contribution < -0.4 is 5.32 Å². The minimum Gasteiger partial charge on any atom is -0.481 e. The van der Waals surface area contributed by atoms with E-state index in [1.54, 1.807) is 0 Å². The quantitative estimate of drug-likeness (QED) is 0.877. The minimum absolute atomic E-state index is 0.0594. The number of nitrogens with zero attached hydrogens (tertiary/aromatic N) is 1. The van der Waals surface area contributed by atoms with Crippen molar-refractivity contribution in [2.75, 3.05) is 13.6 Å². The fraction of sp³-hybridized carbons (Fsp3) is 0.385. The van der Waals surface area contributed by atoms with Gasteiger partial charge in [-0.2, -0.15) is 0 Å². The van der Waals surface area contributed by atoms with E-state index in [1.807, 2.05) is 0 Å². The summed E-state index contributed by atoms with van der Waals surface area (Å²) < 4.78 is 13.5. The molecular formula is C13H16ClFN2O3. The average Bonchev–Trinajstić information content (AvgIpc) is 2.37. The number of carbonyl (C=O) groups excluding carboxylic acids is 1. The van der Waals surface area contributed by atoms with Crippen LogP contribution in [0.3, 0.4) is 0 Å². The molecule has 0 bridgehead atoms.